The molecule has 102 valence electrons. The van der Waals surface area contributed by atoms with Crippen molar-refractivity contribution < 1.29 is 4.74 Å². The zero-order valence-electron chi connectivity index (χ0n) is 11.3. The number of ether oxygens (including phenoxy) is 1. The van der Waals surface area contributed by atoms with E-state index in [1.807, 2.05) is 0 Å². The van der Waals surface area contributed by atoms with Crippen molar-refractivity contribution in [3.05, 3.63) is 21.9 Å². The molecule has 0 aromatic carbocycles. The molecule has 0 bridgehead atoms. The normalized spacial score (nSPS) is 23.5. The highest BCUT2D eigenvalue weighted by Gasteiger charge is 2.30. The average molecular weight is 269 g/mol. The van der Waals surface area contributed by atoms with E-state index in [0.29, 0.717) is 6.04 Å². The van der Waals surface area contributed by atoms with Crippen LogP contribution in [-0.4, -0.2) is 36.7 Å². The lowest BCUT2D eigenvalue weighted by atomic mass is 10.1. The molecule has 1 saturated heterocycles. The van der Waals surface area contributed by atoms with E-state index >= 15 is 0 Å². The molecule has 18 heavy (non-hydrogen) atoms. The molecule has 0 spiro atoms. The molecule has 4 nitrogen and oxygen atoms in total. The molecule has 0 aliphatic carbocycles. The highest BCUT2D eigenvalue weighted by Crippen LogP contribution is 2.28. The predicted octanol–water partition coefficient (Wildman–Crippen LogP) is 1.67. The van der Waals surface area contributed by atoms with Crippen LogP contribution in [0, 0.1) is 6.92 Å². The van der Waals surface area contributed by atoms with Crippen LogP contribution >= 0.6 is 11.3 Å². The minimum atomic E-state index is 0.0882. The number of nitrogens with two attached hydrogens (primary N) is 1. The van der Waals surface area contributed by atoms with Gasteiger partial charge >= 0.3 is 0 Å². The Hall–Kier alpha value is -0.460. The van der Waals surface area contributed by atoms with Gasteiger partial charge in [-0.25, -0.2) is 5.43 Å². The number of hydrazine groups is 1. The lowest BCUT2D eigenvalue weighted by Crippen LogP contribution is -2.51. The fourth-order valence-electron chi connectivity index (χ4n) is 2.36. The summed E-state index contributed by atoms with van der Waals surface area (Å²) in [6.45, 7) is 9.29. The summed E-state index contributed by atoms with van der Waals surface area (Å²) in [5.41, 5.74) is 2.92. The highest BCUT2D eigenvalue weighted by molar-refractivity contribution is 7.12. The van der Waals surface area contributed by atoms with Crippen molar-refractivity contribution in [3.63, 3.8) is 0 Å². The Bertz CT molecular complexity index is 380. The fourth-order valence-corrected chi connectivity index (χ4v) is 3.35. The van der Waals surface area contributed by atoms with Crippen LogP contribution < -0.4 is 11.3 Å². The third-order valence-corrected chi connectivity index (χ3v) is 4.56. The second kappa shape index (κ2) is 6.12. The van der Waals surface area contributed by atoms with E-state index in [2.05, 4.69) is 43.2 Å². The number of aryl methyl sites for hydroxylation is 1. The maximum Gasteiger partial charge on any atom is 0.0917 e. The summed E-state index contributed by atoms with van der Waals surface area (Å²) >= 11 is 1.78. The first-order valence-electron chi connectivity index (χ1n) is 6.50. The maximum absolute atomic E-state index is 5.90. The molecular formula is C13H23N3OS. The van der Waals surface area contributed by atoms with Gasteiger partial charge in [-0.2, -0.15) is 0 Å². The molecular weight excluding hydrogens is 246 g/mol. The van der Waals surface area contributed by atoms with E-state index in [1.54, 1.807) is 11.3 Å². The molecule has 2 heterocycles. The second-order valence-corrected chi connectivity index (χ2v) is 6.41. The molecule has 0 amide bonds. The minimum absolute atomic E-state index is 0.0882. The van der Waals surface area contributed by atoms with E-state index in [9.17, 15) is 0 Å². The van der Waals surface area contributed by atoms with Crippen LogP contribution in [0.25, 0.3) is 0 Å². The van der Waals surface area contributed by atoms with Gasteiger partial charge in [0.05, 0.1) is 18.8 Å². The van der Waals surface area contributed by atoms with Gasteiger partial charge in [0.1, 0.15) is 0 Å². The van der Waals surface area contributed by atoms with Crippen molar-refractivity contribution in [2.45, 2.75) is 39.0 Å². The van der Waals surface area contributed by atoms with Crippen LogP contribution in [0.15, 0.2) is 12.1 Å². The summed E-state index contributed by atoms with van der Waals surface area (Å²) in [5.74, 6) is 5.72. The first kappa shape index (κ1) is 14.0. The zero-order chi connectivity index (χ0) is 13.1. The monoisotopic (exact) mass is 269 g/mol. The van der Waals surface area contributed by atoms with Crippen molar-refractivity contribution in [2.24, 2.45) is 5.84 Å². The van der Waals surface area contributed by atoms with Gasteiger partial charge in [0, 0.05) is 28.9 Å². The average Bonchev–Trinajstić information content (AvgIpc) is 2.77. The van der Waals surface area contributed by atoms with Gasteiger partial charge in [-0.15, -0.1) is 11.3 Å². The standard InChI is InChI=1S/C13H23N3OS/c1-9(2)16-6-7-17-11(8-16)13(15-14)12-5-4-10(3)18-12/h4-5,9,11,13,15H,6-8,14H2,1-3H3. The van der Waals surface area contributed by atoms with Crippen molar-refractivity contribution in [1.82, 2.24) is 10.3 Å². The molecule has 1 aromatic heterocycles. The molecule has 1 aliphatic rings. The number of nitrogens with zero attached hydrogens (tertiary/aromatic N) is 1. The Kier molecular flexibility index (Phi) is 4.75. The van der Waals surface area contributed by atoms with Gasteiger partial charge in [0.25, 0.3) is 0 Å². The Morgan fingerprint density at radius 3 is 2.83 bits per heavy atom. The summed E-state index contributed by atoms with van der Waals surface area (Å²) < 4.78 is 5.90. The first-order valence-corrected chi connectivity index (χ1v) is 7.31. The van der Waals surface area contributed by atoms with Crippen molar-refractivity contribution in [3.8, 4) is 0 Å². The molecule has 3 N–H and O–H groups in total. The van der Waals surface area contributed by atoms with Gasteiger partial charge < -0.3 is 4.74 Å². The fraction of sp³-hybridized carbons (Fsp3) is 0.692. The van der Waals surface area contributed by atoms with E-state index in [-0.39, 0.29) is 12.1 Å². The van der Waals surface area contributed by atoms with Crippen LogP contribution in [-0.2, 0) is 4.74 Å². The molecule has 2 rings (SSSR count). The molecule has 1 fully saturated rings. The molecule has 2 unspecified atom stereocenters. The van der Waals surface area contributed by atoms with Crippen LogP contribution in [0.4, 0.5) is 0 Å². The Labute approximate surface area is 113 Å². The quantitative estimate of drug-likeness (QED) is 0.645. The maximum atomic E-state index is 5.90. The number of rotatable bonds is 4. The van der Waals surface area contributed by atoms with Crippen LogP contribution in [0.3, 0.4) is 0 Å². The zero-order valence-corrected chi connectivity index (χ0v) is 12.2. The van der Waals surface area contributed by atoms with E-state index in [1.165, 1.54) is 9.75 Å². The third kappa shape index (κ3) is 3.10. The lowest BCUT2D eigenvalue weighted by molar-refractivity contribution is -0.0556. The molecule has 1 aliphatic heterocycles. The van der Waals surface area contributed by atoms with Gasteiger partial charge in [0.15, 0.2) is 0 Å². The molecule has 0 radical (unpaired) electrons. The van der Waals surface area contributed by atoms with Crippen LogP contribution in [0.1, 0.15) is 29.6 Å². The van der Waals surface area contributed by atoms with Crippen molar-refractivity contribution in [1.29, 1.82) is 0 Å². The predicted molar refractivity (Wildman–Crippen MR) is 75.6 cm³/mol. The minimum Gasteiger partial charge on any atom is -0.373 e. The number of morpholine rings is 1. The Balaban J connectivity index is 2.08. The first-order chi connectivity index (χ1) is 8.61. The summed E-state index contributed by atoms with van der Waals surface area (Å²) in [6, 6.07) is 4.92. The van der Waals surface area contributed by atoms with Crippen molar-refractivity contribution in [2.75, 3.05) is 19.7 Å². The molecule has 2 atom stereocenters. The van der Waals surface area contributed by atoms with Gasteiger partial charge in [-0.3, -0.25) is 10.7 Å². The Morgan fingerprint density at radius 2 is 2.28 bits per heavy atom. The van der Waals surface area contributed by atoms with Crippen LogP contribution in [0.5, 0.6) is 0 Å². The smallest absolute Gasteiger partial charge is 0.0917 e. The number of thiophene rings is 1. The van der Waals surface area contributed by atoms with E-state index in [4.69, 9.17) is 10.6 Å². The third-order valence-electron chi connectivity index (χ3n) is 3.47. The lowest BCUT2D eigenvalue weighted by Gasteiger charge is -2.38. The van der Waals surface area contributed by atoms with Gasteiger partial charge in [-0.1, -0.05) is 0 Å². The largest absolute Gasteiger partial charge is 0.373 e. The van der Waals surface area contributed by atoms with Crippen LogP contribution in [0.2, 0.25) is 0 Å². The van der Waals surface area contributed by atoms with E-state index in [0.717, 1.165) is 19.7 Å². The van der Waals surface area contributed by atoms with Crippen molar-refractivity contribution >= 4 is 11.3 Å². The summed E-state index contributed by atoms with van der Waals surface area (Å²) in [4.78, 5) is 5.01. The van der Waals surface area contributed by atoms with E-state index < -0.39 is 0 Å². The highest BCUT2D eigenvalue weighted by atomic mass is 32.1. The number of nitrogens with one attached hydrogen (secondary N) is 1. The second-order valence-electron chi connectivity index (χ2n) is 5.09. The SMILES string of the molecule is Cc1ccc(C(NN)C2CN(C(C)C)CCO2)s1. The summed E-state index contributed by atoms with van der Waals surface area (Å²) in [6.07, 6.45) is 0.129. The summed E-state index contributed by atoms with van der Waals surface area (Å²) in [5, 5.41) is 0. The topological polar surface area (TPSA) is 50.5 Å². The summed E-state index contributed by atoms with van der Waals surface area (Å²) in [7, 11) is 0. The number of hydrogen-bond acceptors (Lipinski definition) is 5. The molecule has 0 saturated carbocycles. The molecule has 5 heteroatoms. The molecule has 1 aromatic rings. The number of hydrogen-bond donors (Lipinski definition) is 2. The van der Waals surface area contributed by atoms with Gasteiger partial charge in [0.2, 0.25) is 0 Å². The Morgan fingerprint density at radius 1 is 1.50 bits per heavy atom. The van der Waals surface area contributed by atoms with Gasteiger partial charge in [-0.05, 0) is 32.9 Å².